The molecule has 7 nitrogen and oxygen atoms in total. The molecule has 1 amide bonds. The third-order valence-corrected chi connectivity index (χ3v) is 6.48. The van der Waals surface area contributed by atoms with Crippen LogP contribution in [0.1, 0.15) is 28.0 Å². The Morgan fingerprint density at radius 1 is 1.17 bits per heavy atom. The van der Waals surface area contributed by atoms with Gasteiger partial charge in [-0.15, -0.1) is 0 Å². The number of hydrogen-bond donors (Lipinski definition) is 0. The van der Waals surface area contributed by atoms with Gasteiger partial charge in [0, 0.05) is 36.8 Å². The van der Waals surface area contributed by atoms with E-state index in [0.717, 1.165) is 11.8 Å². The van der Waals surface area contributed by atoms with Crippen molar-refractivity contribution in [3.8, 4) is 16.9 Å². The van der Waals surface area contributed by atoms with E-state index in [-0.39, 0.29) is 30.7 Å². The number of ether oxygens (including phenoxy) is 2. The molecule has 0 aliphatic carbocycles. The highest BCUT2D eigenvalue weighted by molar-refractivity contribution is 5.98. The Hall–Kier alpha value is -3.85. The fourth-order valence-electron chi connectivity index (χ4n) is 4.74. The van der Waals surface area contributed by atoms with E-state index in [4.69, 9.17) is 9.47 Å². The van der Waals surface area contributed by atoms with E-state index in [1.165, 1.54) is 17.0 Å². The van der Waals surface area contributed by atoms with Gasteiger partial charge < -0.3 is 14.4 Å². The van der Waals surface area contributed by atoms with Gasteiger partial charge in [0.1, 0.15) is 29.0 Å². The number of aromatic nitrogens is 3. The maximum absolute atomic E-state index is 15.2. The Kier molecular flexibility index (Phi) is 5.21. The minimum atomic E-state index is -0.711. The maximum Gasteiger partial charge on any atom is 0.256 e. The van der Waals surface area contributed by atoms with Crippen LogP contribution >= 0.6 is 0 Å². The molecule has 1 saturated heterocycles. The monoisotopic (exact) mass is 476 g/mol. The van der Waals surface area contributed by atoms with Crippen molar-refractivity contribution in [1.82, 2.24) is 19.7 Å². The molecule has 1 fully saturated rings. The summed E-state index contributed by atoms with van der Waals surface area (Å²) in [4.78, 5) is 18.2. The van der Waals surface area contributed by atoms with E-state index in [9.17, 15) is 4.79 Å². The van der Waals surface area contributed by atoms with Crippen LogP contribution in [0.15, 0.2) is 48.8 Å². The van der Waals surface area contributed by atoms with Gasteiger partial charge in [-0.2, -0.15) is 5.10 Å². The molecule has 9 heteroatoms. The van der Waals surface area contributed by atoms with Gasteiger partial charge >= 0.3 is 0 Å². The van der Waals surface area contributed by atoms with Crippen LogP contribution in [0, 0.1) is 11.6 Å². The number of hydrogen-bond acceptors (Lipinski definition) is 5. The summed E-state index contributed by atoms with van der Waals surface area (Å²) in [6, 6.07) is 9.52. The molecule has 2 aliphatic heterocycles. The van der Waals surface area contributed by atoms with Crippen LogP contribution in [0.3, 0.4) is 0 Å². The Morgan fingerprint density at radius 3 is 2.74 bits per heavy atom. The van der Waals surface area contributed by atoms with Crippen LogP contribution in [0.4, 0.5) is 8.78 Å². The van der Waals surface area contributed by atoms with E-state index < -0.39 is 11.6 Å². The topological polar surface area (TPSA) is 69.5 Å². The zero-order chi connectivity index (χ0) is 24.1. The van der Waals surface area contributed by atoms with Gasteiger partial charge in [-0.05, 0) is 47.5 Å². The Balaban J connectivity index is 1.32. The Bertz CT molecular complexity index is 1440. The lowest BCUT2D eigenvalue weighted by Gasteiger charge is -2.17. The first kappa shape index (κ1) is 21.7. The van der Waals surface area contributed by atoms with Gasteiger partial charge in [0.2, 0.25) is 0 Å². The summed E-state index contributed by atoms with van der Waals surface area (Å²) in [6.07, 6.45) is 4.16. The molecule has 0 radical (unpaired) electrons. The van der Waals surface area contributed by atoms with Crippen molar-refractivity contribution < 1.29 is 23.0 Å². The number of aryl methyl sites for hydroxylation is 1. The number of halogens is 2. The number of pyridine rings is 1. The standard InChI is InChI=1S/C26H22F2N4O3/c1-31-11-19-17(4-5-24(25(19)30-31)35-16-6-8-34-14-16)15-9-21(27)20(22(28)10-15)12-32-13-23-18(26(32)33)3-2-7-29-23/h2-5,7,9-11,16H,6,8,12-14H2,1H3. The number of nitrogens with zero attached hydrogens (tertiary/aromatic N) is 4. The second-order valence-electron chi connectivity index (χ2n) is 8.86. The van der Waals surface area contributed by atoms with Crippen molar-refractivity contribution in [3.63, 3.8) is 0 Å². The minimum Gasteiger partial charge on any atom is -0.486 e. The summed E-state index contributed by atoms with van der Waals surface area (Å²) in [5.41, 5.74) is 2.57. The van der Waals surface area contributed by atoms with Gasteiger partial charge in [0.15, 0.2) is 0 Å². The van der Waals surface area contributed by atoms with E-state index in [0.29, 0.717) is 46.9 Å². The smallest absolute Gasteiger partial charge is 0.256 e. The molecule has 0 saturated carbocycles. The van der Waals surface area contributed by atoms with Crippen molar-refractivity contribution in [1.29, 1.82) is 0 Å². The van der Waals surface area contributed by atoms with Crippen molar-refractivity contribution >= 4 is 16.8 Å². The highest BCUT2D eigenvalue weighted by atomic mass is 19.1. The third-order valence-electron chi connectivity index (χ3n) is 6.48. The van der Waals surface area contributed by atoms with Crippen LogP contribution < -0.4 is 4.74 Å². The van der Waals surface area contributed by atoms with E-state index in [1.54, 1.807) is 48.4 Å². The van der Waals surface area contributed by atoms with Crippen LogP contribution in [0.2, 0.25) is 0 Å². The first-order valence-corrected chi connectivity index (χ1v) is 11.4. The fourth-order valence-corrected chi connectivity index (χ4v) is 4.74. The van der Waals surface area contributed by atoms with Crippen molar-refractivity contribution in [2.75, 3.05) is 13.2 Å². The first-order valence-electron chi connectivity index (χ1n) is 11.4. The van der Waals surface area contributed by atoms with Crippen LogP contribution in [0.5, 0.6) is 5.75 Å². The largest absolute Gasteiger partial charge is 0.486 e. The zero-order valence-corrected chi connectivity index (χ0v) is 19.0. The summed E-state index contributed by atoms with van der Waals surface area (Å²) in [5.74, 6) is -1.09. The number of benzene rings is 2. The number of fused-ring (bicyclic) bond motifs is 2. The van der Waals surface area contributed by atoms with E-state index >= 15 is 8.78 Å². The molecule has 1 unspecified atom stereocenters. The van der Waals surface area contributed by atoms with Crippen molar-refractivity contribution in [3.05, 3.63) is 77.2 Å². The molecule has 35 heavy (non-hydrogen) atoms. The maximum atomic E-state index is 15.2. The highest BCUT2D eigenvalue weighted by Gasteiger charge is 2.30. The molecular weight excluding hydrogens is 454 g/mol. The molecule has 4 aromatic rings. The number of carbonyl (C=O) groups is 1. The lowest BCUT2D eigenvalue weighted by molar-refractivity contribution is 0.0763. The van der Waals surface area contributed by atoms with Crippen LogP contribution in [-0.2, 0) is 24.9 Å². The lowest BCUT2D eigenvalue weighted by Crippen LogP contribution is -2.24. The SMILES string of the molecule is Cn1cc2c(-c3cc(F)c(CN4Cc5ncccc5C4=O)c(F)c3)ccc(OC3CCOC3)c2n1. The summed E-state index contributed by atoms with van der Waals surface area (Å²) in [5, 5.41) is 5.24. The van der Waals surface area contributed by atoms with Crippen LogP contribution in [0.25, 0.3) is 22.0 Å². The predicted octanol–water partition coefficient (Wildman–Crippen LogP) is 4.24. The quantitative estimate of drug-likeness (QED) is 0.431. The molecule has 6 rings (SSSR count). The molecule has 2 aromatic heterocycles. The zero-order valence-electron chi connectivity index (χ0n) is 19.0. The second-order valence-corrected chi connectivity index (χ2v) is 8.86. The third kappa shape index (κ3) is 3.81. The van der Waals surface area contributed by atoms with Gasteiger partial charge in [-0.3, -0.25) is 14.5 Å². The molecule has 178 valence electrons. The molecule has 0 spiro atoms. The predicted molar refractivity (Wildman–Crippen MR) is 124 cm³/mol. The normalized spacial score (nSPS) is 17.4. The summed E-state index contributed by atoms with van der Waals surface area (Å²) in [6.45, 7) is 1.23. The molecule has 0 N–H and O–H groups in total. The highest BCUT2D eigenvalue weighted by Crippen LogP contribution is 2.36. The molecule has 2 aromatic carbocycles. The minimum absolute atomic E-state index is 0.0464. The Labute approximate surface area is 199 Å². The average molecular weight is 476 g/mol. The Morgan fingerprint density at radius 2 is 2.00 bits per heavy atom. The van der Waals surface area contributed by atoms with E-state index in [1.807, 2.05) is 0 Å². The lowest BCUT2D eigenvalue weighted by atomic mass is 9.99. The average Bonchev–Trinajstić information content (AvgIpc) is 3.56. The first-order chi connectivity index (χ1) is 17.0. The number of amides is 1. The van der Waals surface area contributed by atoms with Crippen molar-refractivity contribution in [2.24, 2.45) is 7.05 Å². The summed E-state index contributed by atoms with van der Waals surface area (Å²) < 4.78 is 43.5. The van der Waals surface area contributed by atoms with Gasteiger partial charge in [-0.1, -0.05) is 0 Å². The summed E-state index contributed by atoms with van der Waals surface area (Å²) >= 11 is 0. The number of rotatable bonds is 5. The molecule has 0 bridgehead atoms. The second kappa shape index (κ2) is 8.42. The molecular formula is C26H22F2N4O3. The van der Waals surface area contributed by atoms with Gasteiger partial charge in [0.05, 0.1) is 37.6 Å². The van der Waals surface area contributed by atoms with Crippen molar-refractivity contribution in [2.45, 2.75) is 25.6 Å². The van der Waals surface area contributed by atoms with Gasteiger partial charge in [0.25, 0.3) is 5.91 Å². The number of carbonyl (C=O) groups excluding carboxylic acids is 1. The van der Waals surface area contributed by atoms with Gasteiger partial charge in [-0.25, -0.2) is 8.78 Å². The van der Waals surface area contributed by atoms with Crippen LogP contribution in [-0.4, -0.2) is 44.9 Å². The molecule has 2 aliphatic rings. The van der Waals surface area contributed by atoms with E-state index in [2.05, 4.69) is 10.1 Å². The molecule has 1 atom stereocenters. The molecule has 4 heterocycles. The fraction of sp³-hybridized carbons (Fsp3) is 0.269. The summed E-state index contributed by atoms with van der Waals surface area (Å²) in [7, 11) is 1.79.